The molecule has 2 aromatic rings. The van der Waals surface area contributed by atoms with Crippen molar-refractivity contribution in [3.8, 4) is 0 Å². The highest BCUT2D eigenvalue weighted by molar-refractivity contribution is 6.05. The average molecular weight is 281 g/mol. The van der Waals surface area contributed by atoms with Crippen molar-refractivity contribution < 1.29 is 14.7 Å². The van der Waals surface area contributed by atoms with Crippen LogP contribution in [0.25, 0.3) is 6.08 Å². The number of amides is 1. The highest BCUT2D eigenvalue weighted by atomic mass is 16.4. The molecule has 2 N–H and O–H groups in total. The van der Waals surface area contributed by atoms with E-state index >= 15 is 0 Å². The fraction of sp³-hybridized carbons (Fsp3) is 0.0588. The van der Waals surface area contributed by atoms with Gasteiger partial charge in [0, 0.05) is 17.3 Å². The molecular weight excluding hydrogens is 266 g/mol. The molecule has 0 bridgehead atoms. The minimum atomic E-state index is -1.01. The van der Waals surface area contributed by atoms with Crippen molar-refractivity contribution in [3.63, 3.8) is 0 Å². The summed E-state index contributed by atoms with van der Waals surface area (Å²) >= 11 is 0. The summed E-state index contributed by atoms with van der Waals surface area (Å²) < 4.78 is 0. The number of carboxylic acid groups (broad SMARTS) is 1. The second kappa shape index (κ2) is 6.52. The van der Waals surface area contributed by atoms with Crippen molar-refractivity contribution in [2.45, 2.75) is 6.92 Å². The van der Waals surface area contributed by atoms with Gasteiger partial charge in [-0.05, 0) is 42.3 Å². The van der Waals surface area contributed by atoms with Gasteiger partial charge in [0.15, 0.2) is 0 Å². The molecule has 4 heteroatoms. The number of carboxylic acids is 1. The lowest BCUT2D eigenvalue weighted by atomic mass is 10.1. The van der Waals surface area contributed by atoms with E-state index in [0.29, 0.717) is 16.8 Å². The van der Waals surface area contributed by atoms with Crippen molar-refractivity contribution >= 4 is 23.6 Å². The Kier molecular flexibility index (Phi) is 4.51. The molecular formula is C17H15NO3. The number of aliphatic carboxylic acids is 1. The lowest BCUT2D eigenvalue weighted by molar-refractivity contribution is -0.131. The Morgan fingerprint density at radius 1 is 1.10 bits per heavy atom. The van der Waals surface area contributed by atoms with Crippen LogP contribution in [0.15, 0.2) is 54.6 Å². The fourth-order valence-electron chi connectivity index (χ4n) is 1.91. The van der Waals surface area contributed by atoms with Crippen molar-refractivity contribution in [2.75, 3.05) is 5.32 Å². The maximum Gasteiger partial charge on any atom is 0.328 e. The second-order valence-corrected chi connectivity index (χ2v) is 4.57. The lowest BCUT2D eigenvalue weighted by Gasteiger charge is -2.08. The summed E-state index contributed by atoms with van der Waals surface area (Å²) in [6.45, 7) is 1.88. The number of carbonyl (C=O) groups excluding carboxylic acids is 1. The van der Waals surface area contributed by atoms with Gasteiger partial charge in [0.1, 0.15) is 0 Å². The van der Waals surface area contributed by atoms with Crippen LogP contribution in [-0.2, 0) is 4.79 Å². The summed E-state index contributed by atoms with van der Waals surface area (Å²) in [5, 5.41) is 11.4. The Hall–Kier alpha value is -2.88. The largest absolute Gasteiger partial charge is 0.478 e. The van der Waals surface area contributed by atoms with E-state index < -0.39 is 5.97 Å². The van der Waals surface area contributed by atoms with E-state index in [0.717, 1.165) is 11.6 Å². The first-order valence-electron chi connectivity index (χ1n) is 6.44. The number of nitrogens with one attached hydrogen (secondary N) is 1. The molecule has 0 unspecified atom stereocenters. The molecule has 0 heterocycles. The van der Waals surface area contributed by atoms with E-state index in [4.69, 9.17) is 5.11 Å². The standard InChI is InChI=1S/C17H15NO3/c1-12-5-2-3-8-15(12)17(21)18-14-7-4-6-13(11-14)9-10-16(19)20/h2-11H,1H3,(H,18,21)(H,19,20)/b10-9+. The summed E-state index contributed by atoms with van der Waals surface area (Å²) in [5.41, 5.74) is 2.84. The molecule has 0 spiro atoms. The minimum Gasteiger partial charge on any atom is -0.478 e. The number of hydrogen-bond donors (Lipinski definition) is 2. The van der Waals surface area contributed by atoms with Crippen LogP contribution in [0.5, 0.6) is 0 Å². The molecule has 2 rings (SSSR count). The molecule has 0 aliphatic carbocycles. The Morgan fingerprint density at radius 3 is 2.57 bits per heavy atom. The van der Waals surface area contributed by atoms with Crippen LogP contribution < -0.4 is 5.32 Å². The zero-order valence-corrected chi connectivity index (χ0v) is 11.5. The van der Waals surface area contributed by atoms with Crippen molar-refractivity contribution in [3.05, 3.63) is 71.3 Å². The van der Waals surface area contributed by atoms with Crippen LogP contribution in [0.1, 0.15) is 21.5 Å². The van der Waals surface area contributed by atoms with Gasteiger partial charge in [0.25, 0.3) is 5.91 Å². The van der Waals surface area contributed by atoms with Crippen molar-refractivity contribution in [1.82, 2.24) is 0 Å². The monoisotopic (exact) mass is 281 g/mol. The fourth-order valence-corrected chi connectivity index (χ4v) is 1.91. The summed E-state index contributed by atoms with van der Waals surface area (Å²) in [6, 6.07) is 14.3. The zero-order valence-electron chi connectivity index (χ0n) is 11.5. The average Bonchev–Trinajstić information content (AvgIpc) is 2.46. The molecule has 0 aliphatic heterocycles. The molecule has 0 aliphatic rings. The van der Waals surface area contributed by atoms with Gasteiger partial charge in [-0.2, -0.15) is 0 Å². The third-order valence-electron chi connectivity index (χ3n) is 2.95. The molecule has 21 heavy (non-hydrogen) atoms. The SMILES string of the molecule is Cc1ccccc1C(=O)Nc1cccc(/C=C/C(=O)O)c1. The van der Waals surface area contributed by atoms with E-state index in [9.17, 15) is 9.59 Å². The first kappa shape index (κ1) is 14.5. The number of aryl methyl sites for hydroxylation is 1. The molecule has 106 valence electrons. The Balaban J connectivity index is 2.17. The first-order valence-corrected chi connectivity index (χ1v) is 6.44. The molecule has 0 fully saturated rings. The van der Waals surface area contributed by atoms with E-state index in [1.54, 1.807) is 30.3 Å². The summed E-state index contributed by atoms with van der Waals surface area (Å²) in [7, 11) is 0. The normalized spacial score (nSPS) is 10.5. The van der Waals surface area contributed by atoms with Gasteiger partial charge in [-0.3, -0.25) is 4.79 Å². The van der Waals surface area contributed by atoms with Crippen molar-refractivity contribution in [2.24, 2.45) is 0 Å². The molecule has 0 aromatic heterocycles. The van der Waals surface area contributed by atoms with Crippen LogP contribution in [0.3, 0.4) is 0 Å². The van der Waals surface area contributed by atoms with E-state index in [1.165, 1.54) is 6.08 Å². The Morgan fingerprint density at radius 2 is 1.86 bits per heavy atom. The summed E-state index contributed by atoms with van der Waals surface area (Å²) in [6.07, 6.45) is 2.54. The van der Waals surface area contributed by atoms with Crippen LogP contribution in [0.2, 0.25) is 0 Å². The molecule has 0 saturated heterocycles. The quantitative estimate of drug-likeness (QED) is 0.845. The third-order valence-corrected chi connectivity index (χ3v) is 2.95. The molecule has 0 atom stereocenters. The zero-order chi connectivity index (χ0) is 15.2. The van der Waals surface area contributed by atoms with Gasteiger partial charge >= 0.3 is 5.97 Å². The first-order chi connectivity index (χ1) is 10.1. The predicted octanol–water partition coefficient (Wildman–Crippen LogP) is 3.35. The molecule has 4 nitrogen and oxygen atoms in total. The molecule has 2 aromatic carbocycles. The number of carbonyl (C=O) groups is 2. The Labute approximate surface area is 122 Å². The number of anilines is 1. The van der Waals surface area contributed by atoms with Gasteiger partial charge in [0.05, 0.1) is 0 Å². The van der Waals surface area contributed by atoms with Gasteiger partial charge in [-0.15, -0.1) is 0 Å². The third kappa shape index (κ3) is 4.04. The maximum atomic E-state index is 12.2. The van der Waals surface area contributed by atoms with Crippen LogP contribution in [0, 0.1) is 6.92 Å². The van der Waals surface area contributed by atoms with E-state index in [1.807, 2.05) is 25.1 Å². The van der Waals surface area contributed by atoms with Gasteiger partial charge in [-0.25, -0.2) is 4.79 Å². The van der Waals surface area contributed by atoms with E-state index in [2.05, 4.69) is 5.32 Å². The van der Waals surface area contributed by atoms with Gasteiger partial charge < -0.3 is 10.4 Å². The summed E-state index contributed by atoms with van der Waals surface area (Å²) in [4.78, 5) is 22.7. The van der Waals surface area contributed by atoms with Crippen molar-refractivity contribution in [1.29, 1.82) is 0 Å². The lowest BCUT2D eigenvalue weighted by Crippen LogP contribution is -2.13. The predicted molar refractivity (Wildman–Crippen MR) is 82.2 cm³/mol. The smallest absolute Gasteiger partial charge is 0.328 e. The minimum absolute atomic E-state index is 0.188. The number of benzene rings is 2. The topological polar surface area (TPSA) is 66.4 Å². The van der Waals surface area contributed by atoms with E-state index in [-0.39, 0.29) is 5.91 Å². The molecule has 1 amide bonds. The van der Waals surface area contributed by atoms with Gasteiger partial charge in [0.2, 0.25) is 0 Å². The highest BCUT2D eigenvalue weighted by Gasteiger charge is 2.08. The highest BCUT2D eigenvalue weighted by Crippen LogP contribution is 2.15. The number of hydrogen-bond acceptors (Lipinski definition) is 2. The number of rotatable bonds is 4. The second-order valence-electron chi connectivity index (χ2n) is 4.57. The van der Waals surface area contributed by atoms with Crippen LogP contribution in [0.4, 0.5) is 5.69 Å². The van der Waals surface area contributed by atoms with Crippen LogP contribution in [-0.4, -0.2) is 17.0 Å². The van der Waals surface area contributed by atoms with Crippen LogP contribution >= 0.6 is 0 Å². The van der Waals surface area contributed by atoms with Gasteiger partial charge in [-0.1, -0.05) is 30.3 Å². The molecule has 0 radical (unpaired) electrons. The maximum absolute atomic E-state index is 12.2. The summed E-state index contributed by atoms with van der Waals surface area (Å²) in [5.74, 6) is -1.20. The molecule has 0 saturated carbocycles. The Bertz CT molecular complexity index is 705.